The Balaban J connectivity index is 1.50. The zero-order valence-corrected chi connectivity index (χ0v) is 17.5. The smallest absolute Gasteiger partial charge is 0.277 e. The van der Waals surface area contributed by atoms with Gasteiger partial charge in [0.05, 0.1) is 29.5 Å². The molecule has 2 aromatic heterocycles. The number of carbonyl (C=O) groups excluding carboxylic acids is 2. The summed E-state index contributed by atoms with van der Waals surface area (Å²) in [5, 5.41) is 3.25. The fraction of sp³-hybridized carbons (Fsp3) is 0.636. The molecular formula is C22H29N5O3. The average molecular weight is 412 g/mol. The number of amides is 2. The predicted molar refractivity (Wildman–Crippen MR) is 111 cm³/mol. The Morgan fingerprint density at radius 2 is 1.87 bits per heavy atom. The minimum atomic E-state index is -0.142. The maximum Gasteiger partial charge on any atom is 0.277 e. The van der Waals surface area contributed by atoms with Crippen molar-refractivity contribution in [1.29, 1.82) is 0 Å². The topological polar surface area (TPSA) is 90.8 Å². The highest BCUT2D eigenvalue weighted by atomic mass is 16.2. The van der Waals surface area contributed by atoms with E-state index in [1.165, 1.54) is 11.4 Å². The van der Waals surface area contributed by atoms with Crippen LogP contribution in [0.4, 0.5) is 0 Å². The molecule has 1 aliphatic carbocycles. The van der Waals surface area contributed by atoms with Crippen LogP contribution in [0, 0.1) is 5.92 Å². The molecule has 8 heteroatoms. The summed E-state index contributed by atoms with van der Waals surface area (Å²) in [6.07, 6.45) is 7.87. The van der Waals surface area contributed by atoms with Gasteiger partial charge in [0, 0.05) is 38.4 Å². The van der Waals surface area contributed by atoms with Gasteiger partial charge >= 0.3 is 0 Å². The van der Waals surface area contributed by atoms with Gasteiger partial charge in [-0.1, -0.05) is 12.8 Å². The van der Waals surface area contributed by atoms with Gasteiger partial charge in [-0.05, 0) is 32.1 Å². The van der Waals surface area contributed by atoms with Crippen molar-refractivity contribution in [2.24, 2.45) is 5.92 Å². The van der Waals surface area contributed by atoms with Crippen LogP contribution in [-0.4, -0.2) is 49.3 Å². The third-order valence-electron chi connectivity index (χ3n) is 7.08. The molecule has 0 aromatic carbocycles. The number of aromatic amines is 1. The summed E-state index contributed by atoms with van der Waals surface area (Å²) in [5.41, 5.74) is 2.72. The molecule has 1 atom stereocenters. The first-order valence-electron chi connectivity index (χ1n) is 11.2. The van der Waals surface area contributed by atoms with Crippen molar-refractivity contribution in [2.75, 3.05) is 13.1 Å². The molecule has 0 radical (unpaired) electrons. The number of rotatable bonds is 2. The summed E-state index contributed by atoms with van der Waals surface area (Å²) in [7, 11) is 0. The maximum atomic E-state index is 13.2. The van der Waals surface area contributed by atoms with Crippen LogP contribution < -0.4 is 5.56 Å². The van der Waals surface area contributed by atoms with E-state index in [0.717, 1.165) is 62.9 Å². The van der Waals surface area contributed by atoms with Crippen LogP contribution in [-0.2, 0) is 22.6 Å². The summed E-state index contributed by atoms with van der Waals surface area (Å²) in [4.78, 5) is 46.5. The largest absolute Gasteiger partial charge is 0.338 e. The number of H-pyrrole nitrogens is 1. The van der Waals surface area contributed by atoms with Crippen LogP contribution in [0.15, 0.2) is 10.9 Å². The minimum Gasteiger partial charge on any atom is -0.338 e. The van der Waals surface area contributed by atoms with Crippen LogP contribution in [0.1, 0.15) is 74.9 Å². The van der Waals surface area contributed by atoms with Crippen LogP contribution in [0.3, 0.4) is 0 Å². The van der Waals surface area contributed by atoms with Gasteiger partial charge < -0.3 is 9.80 Å². The molecule has 30 heavy (non-hydrogen) atoms. The number of piperidine rings is 1. The molecule has 1 saturated carbocycles. The lowest BCUT2D eigenvalue weighted by Gasteiger charge is -2.36. The van der Waals surface area contributed by atoms with E-state index in [-0.39, 0.29) is 29.3 Å². The van der Waals surface area contributed by atoms with Crippen molar-refractivity contribution in [3.63, 3.8) is 0 Å². The number of hydrogen-bond acceptors (Lipinski definition) is 4. The zero-order valence-electron chi connectivity index (χ0n) is 17.5. The van der Waals surface area contributed by atoms with Gasteiger partial charge in [0.15, 0.2) is 5.65 Å². The van der Waals surface area contributed by atoms with E-state index in [2.05, 4.69) is 5.10 Å². The Kier molecular flexibility index (Phi) is 4.87. The second-order valence-corrected chi connectivity index (χ2v) is 8.96. The van der Waals surface area contributed by atoms with Crippen LogP contribution in [0.25, 0.3) is 5.65 Å². The Morgan fingerprint density at radius 1 is 1.10 bits per heavy atom. The molecule has 2 aliphatic heterocycles. The molecule has 2 amide bonds. The number of fused-ring (bicyclic) bond motifs is 2. The second-order valence-electron chi connectivity index (χ2n) is 8.96. The summed E-state index contributed by atoms with van der Waals surface area (Å²) in [6, 6.07) is 1.91. The molecule has 0 bridgehead atoms. The molecule has 8 nitrogen and oxygen atoms in total. The van der Waals surface area contributed by atoms with Crippen LogP contribution >= 0.6 is 0 Å². The third-order valence-corrected chi connectivity index (χ3v) is 7.08. The fourth-order valence-corrected chi connectivity index (χ4v) is 5.37. The predicted octanol–water partition coefficient (Wildman–Crippen LogP) is 2.17. The van der Waals surface area contributed by atoms with Crippen molar-refractivity contribution in [1.82, 2.24) is 24.4 Å². The first kappa shape index (κ1) is 19.3. The van der Waals surface area contributed by atoms with E-state index in [1.807, 2.05) is 11.0 Å². The maximum absolute atomic E-state index is 13.2. The second kappa shape index (κ2) is 7.56. The molecule has 4 heterocycles. The lowest BCUT2D eigenvalue weighted by Crippen LogP contribution is -2.41. The zero-order chi connectivity index (χ0) is 20.8. The molecule has 0 spiro atoms. The van der Waals surface area contributed by atoms with Crippen LogP contribution in [0.2, 0.25) is 0 Å². The van der Waals surface area contributed by atoms with E-state index in [4.69, 9.17) is 4.98 Å². The highest BCUT2D eigenvalue weighted by Gasteiger charge is 2.35. The highest BCUT2D eigenvalue weighted by Crippen LogP contribution is 2.35. The van der Waals surface area contributed by atoms with Crippen molar-refractivity contribution in [2.45, 2.75) is 70.9 Å². The minimum absolute atomic E-state index is 0.0272. The summed E-state index contributed by atoms with van der Waals surface area (Å²) >= 11 is 0. The number of aromatic nitrogens is 3. The number of nitrogens with zero attached hydrogens (tertiary/aromatic N) is 4. The van der Waals surface area contributed by atoms with E-state index >= 15 is 0 Å². The Labute approximate surface area is 175 Å². The first-order valence-corrected chi connectivity index (χ1v) is 11.2. The Hall–Kier alpha value is -2.64. The van der Waals surface area contributed by atoms with Gasteiger partial charge in [-0.25, -0.2) is 9.50 Å². The summed E-state index contributed by atoms with van der Waals surface area (Å²) in [6.45, 7) is 3.21. The number of likely N-dealkylation sites (tertiary alicyclic amines) is 1. The summed E-state index contributed by atoms with van der Waals surface area (Å²) < 4.78 is 1.49. The molecule has 1 saturated heterocycles. The van der Waals surface area contributed by atoms with Crippen molar-refractivity contribution >= 4 is 17.5 Å². The van der Waals surface area contributed by atoms with E-state index in [9.17, 15) is 14.4 Å². The lowest BCUT2D eigenvalue weighted by atomic mass is 9.96. The molecule has 5 rings (SSSR count). The highest BCUT2D eigenvalue weighted by molar-refractivity contribution is 5.79. The monoisotopic (exact) mass is 411 g/mol. The van der Waals surface area contributed by atoms with Gasteiger partial charge in [-0.3, -0.25) is 19.5 Å². The third kappa shape index (κ3) is 3.22. The van der Waals surface area contributed by atoms with E-state index in [0.29, 0.717) is 30.7 Å². The van der Waals surface area contributed by atoms with Gasteiger partial charge in [-0.15, -0.1) is 0 Å². The first-order chi connectivity index (χ1) is 14.5. The summed E-state index contributed by atoms with van der Waals surface area (Å²) in [5.74, 6) is 0.397. The van der Waals surface area contributed by atoms with Gasteiger partial charge in [0.1, 0.15) is 0 Å². The average Bonchev–Trinajstić information content (AvgIpc) is 3.43. The van der Waals surface area contributed by atoms with Crippen molar-refractivity contribution in [3.8, 4) is 0 Å². The number of nitrogens with one attached hydrogen (secondary N) is 1. The van der Waals surface area contributed by atoms with Gasteiger partial charge in [0.25, 0.3) is 5.56 Å². The molecule has 0 unspecified atom stereocenters. The lowest BCUT2D eigenvalue weighted by molar-refractivity contribution is -0.139. The Morgan fingerprint density at radius 3 is 2.63 bits per heavy atom. The Bertz CT molecular complexity index is 1050. The number of hydrogen-bond donors (Lipinski definition) is 1. The molecule has 2 fully saturated rings. The normalized spacial score (nSPS) is 22.5. The van der Waals surface area contributed by atoms with Crippen molar-refractivity contribution in [3.05, 3.63) is 33.4 Å². The molecular weight excluding hydrogens is 382 g/mol. The molecule has 160 valence electrons. The van der Waals surface area contributed by atoms with Crippen LogP contribution in [0.5, 0.6) is 0 Å². The SMILES string of the molecule is CC(=O)N1CCc2nc3cc([C@@H]4CCCCN4C(=O)C4CCCC4)[nH]n3c(=O)c2C1. The molecule has 3 aliphatic rings. The van der Waals surface area contributed by atoms with E-state index < -0.39 is 0 Å². The van der Waals surface area contributed by atoms with Gasteiger partial charge in [0.2, 0.25) is 11.8 Å². The fourth-order valence-electron chi connectivity index (χ4n) is 5.37. The number of carbonyl (C=O) groups is 2. The molecule has 2 aromatic rings. The van der Waals surface area contributed by atoms with E-state index in [1.54, 1.807) is 4.90 Å². The van der Waals surface area contributed by atoms with Gasteiger partial charge in [-0.2, -0.15) is 0 Å². The molecule has 1 N–H and O–H groups in total. The van der Waals surface area contributed by atoms with Crippen molar-refractivity contribution < 1.29 is 9.59 Å². The standard InChI is InChI=1S/C22H29N5O3/c1-14(28)25-11-9-17-16(13-25)22(30)27-20(23-17)12-18(24-27)19-8-4-5-10-26(19)21(29)15-6-2-3-7-15/h12,15,19,24H,2-11,13H2,1H3/t19-/m0/s1. The quantitative estimate of drug-likeness (QED) is 0.820.